The van der Waals surface area contributed by atoms with Gasteiger partial charge in [0.1, 0.15) is 5.15 Å². The number of hydrogen-bond donors (Lipinski definition) is 0. The summed E-state index contributed by atoms with van der Waals surface area (Å²) in [6.07, 6.45) is 0.817. The molecule has 1 aromatic carbocycles. The molecule has 1 fully saturated rings. The van der Waals surface area contributed by atoms with Gasteiger partial charge in [0, 0.05) is 31.6 Å². The molecule has 1 aliphatic rings. The number of pyridine rings is 1. The van der Waals surface area contributed by atoms with Crippen molar-refractivity contribution in [1.82, 2.24) is 14.8 Å². The Morgan fingerprint density at radius 3 is 2.52 bits per heavy atom. The van der Waals surface area contributed by atoms with Gasteiger partial charge in [-0.15, -0.1) is 0 Å². The molecule has 0 N–H and O–H groups in total. The summed E-state index contributed by atoms with van der Waals surface area (Å²) in [6.45, 7) is 6.12. The highest BCUT2D eigenvalue weighted by atomic mass is 35.5. The molecule has 0 unspecified atom stereocenters. The quantitative estimate of drug-likeness (QED) is 0.627. The molecule has 1 aliphatic heterocycles. The van der Waals surface area contributed by atoms with Crippen LogP contribution in [0.3, 0.4) is 0 Å². The third-order valence-electron chi connectivity index (χ3n) is 4.19. The van der Waals surface area contributed by atoms with Gasteiger partial charge in [0.05, 0.1) is 11.1 Å². The number of piperazine rings is 1. The summed E-state index contributed by atoms with van der Waals surface area (Å²) in [6, 6.07) is 5.87. The first-order valence-electron chi connectivity index (χ1n) is 7.55. The van der Waals surface area contributed by atoms with Crippen LogP contribution in [0.5, 0.6) is 0 Å². The first-order chi connectivity index (χ1) is 11.0. The zero-order valence-electron chi connectivity index (χ0n) is 13.2. The number of carbonyl (C=O) groups excluding carboxylic acids is 2. The van der Waals surface area contributed by atoms with E-state index in [4.69, 9.17) is 11.6 Å². The van der Waals surface area contributed by atoms with Crippen LogP contribution in [-0.2, 0) is 4.79 Å². The van der Waals surface area contributed by atoms with E-state index in [1.165, 1.54) is 0 Å². The lowest BCUT2D eigenvalue weighted by Gasteiger charge is -2.32. The summed E-state index contributed by atoms with van der Waals surface area (Å²) < 4.78 is 0. The standard InChI is InChI=1S/C17H18ClN3O2/c1-11-7-12(2)15-13(8-11)9-14(16(18)19-15)17(23)21-5-3-20(10-22)4-6-21/h7-10H,3-6H2,1-2H3. The number of aryl methyl sites for hydroxylation is 2. The highest BCUT2D eigenvalue weighted by Crippen LogP contribution is 2.25. The first-order valence-corrected chi connectivity index (χ1v) is 7.93. The molecule has 0 atom stereocenters. The van der Waals surface area contributed by atoms with Crippen molar-refractivity contribution in [2.75, 3.05) is 26.2 Å². The predicted octanol–water partition coefficient (Wildman–Crippen LogP) is 2.42. The maximum Gasteiger partial charge on any atom is 0.257 e. The van der Waals surface area contributed by atoms with E-state index in [9.17, 15) is 9.59 Å². The molecule has 2 amide bonds. The fraction of sp³-hybridized carbons (Fsp3) is 0.353. The van der Waals surface area contributed by atoms with Crippen LogP contribution in [0.15, 0.2) is 18.2 Å². The number of nitrogens with zero attached hydrogens (tertiary/aromatic N) is 3. The van der Waals surface area contributed by atoms with E-state index in [-0.39, 0.29) is 11.1 Å². The minimum Gasteiger partial charge on any atom is -0.342 e. The number of hydrogen-bond acceptors (Lipinski definition) is 3. The van der Waals surface area contributed by atoms with Gasteiger partial charge in [-0.2, -0.15) is 0 Å². The largest absolute Gasteiger partial charge is 0.342 e. The van der Waals surface area contributed by atoms with E-state index in [1.54, 1.807) is 9.80 Å². The molecule has 3 rings (SSSR count). The molecule has 23 heavy (non-hydrogen) atoms. The SMILES string of the molecule is Cc1cc(C)c2nc(Cl)c(C(=O)N3CCN(C=O)CC3)cc2c1. The topological polar surface area (TPSA) is 53.5 Å². The van der Waals surface area contributed by atoms with E-state index in [1.807, 2.05) is 32.0 Å². The van der Waals surface area contributed by atoms with Crippen LogP contribution in [0.2, 0.25) is 5.15 Å². The van der Waals surface area contributed by atoms with E-state index in [0.29, 0.717) is 31.7 Å². The number of fused-ring (bicyclic) bond motifs is 1. The molecular formula is C17H18ClN3O2. The zero-order chi connectivity index (χ0) is 16.6. The van der Waals surface area contributed by atoms with E-state index in [0.717, 1.165) is 28.4 Å². The highest BCUT2D eigenvalue weighted by molar-refractivity contribution is 6.33. The second kappa shape index (κ2) is 6.16. The molecule has 5 nitrogen and oxygen atoms in total. The summed E-state index contributed by atoms with van der Waals surface area (Å²) in [7, 11) is 0. The number of rotatable bonds is 2. The Labute approximate surface area is 139 Å². The molecule has 1 aromatic heterocycles. The van der Waals surface area contributed by atoms with Crippen molar-refractivity contribution in [3.05, 3.63) is 40.0 Å². The van der Waals surface area contributed by atoms with E-state index < -0.39 is 0 Å². The van der Waals surface area contributed by atoms with Crippen molar-refractivity contribution < 1.29 is 9.59 Å². The normalized spacial score (nSPS) is 15.1. The zero-order valence-corrected chi connectivity index (χ0v) is 13.9. The number of amides is 2. The molecule has 0 spiro atoms. The summed E-state index contributed by atoms with van der Waals surface area (Å²) in [4.78, 5) is 31.3. The maximum atomic E-state index is 12.7. The van der Waals surface area contributed by atoms with Gasteiger partial charge in [0.2, 0.25) is 6.41 Å². The van der Waals surface area contributed by atoms with Crippen LogP contribution >= 0.6 is 11.6 Å². The Morgan fingerprint density at radius 1 is 1.17 bits per heavy atom. The molecule has 6 heteroatoms. The van der Waals surface area contributed by atoms with Crippen LogP contribution in [-0.4, -0.2) is 53.3 Å². The Kier molecular flexibility index (Phi) is 4.22. The van der Waals surface area contributed by atoms with Crippen LogP contribution in [0.4, 0.5) is 0 Å². The van der Waals surface area contributed by atoms with Gasteiger partial charge >= 0.3 is 0 Å². The van der Waals surface area contributed by atoms with Gasteiger partial charge < -0.3 is 9.80 Å². The fourth-order valence-corrected chi connectivity index (χ4v) is 3.20. The van der Waals surface area contributed by atoms with Crippen molar-refractivity contribution in [1.29, 1.82) is 0 Å². The molecule has 1 saturated heterocycles. The average molecular weight is 332 g/mol. The minimum absolute atomic E-state index is 0.130. The number of carbonyl (C=O) groups is 2. The van der Waals surface area contributed by atoms with Crippen molar-refractivity contribution in [2.24, 2.45) is 0 Å². The lowest BCUT2D eigenvalue weighted by molar-refractivity contribution is -0.119. The lowest BCUT2D eigenvalue weighted by Crippen LogP contribution is -2.48. The van der Waals surface area contributed by atoms with Crippen LogP contribution < -0.4 is 0 Å². The van der Waals surface area contributed by atoms with Gasteiger partial charge in [0.15, 0.2) is 0 Å². The molecule has 2 heterocycles. The summed E-state index contributed by atoms with van der Waals surface area (Å²) in [5, 5.41) is 1.15. The van der Waals surface area contributed by atoms with Crippen molar-refractivity contribution in [3.8, 4) is 0 Å². The Morgan fingerprint density at radius 2 is 1.87 bits per heavy atom. The average Bonchev–Trinajstić information content (AvgIpc) is 2.54. The third kappa shape index (κ3) is 3.01. The molecule has 0 aliphatic carbocycles. The molecule has 2 aromatic rings. The minimum atomic E-state index is -0.130. The second-order valence-electron chi connectivity index (χ2n) is 5.91. The molecule has 0 bridgehead atoms. The maximum absolute atomic E-state index is 12.7. The number of aromatic nitrogens is 1. The van der Waals surface area contributed by atoms with Gasteiger partial charge in [0.25, 0.3) is 5.91 Å². The fourth-order valence-electron chi connectivity index (χ4n) is 2.98. The monoisotopic (exact) mass is 331 g/mol. The van der Waals surface area contributed by atoms with Gasteiger partial charge in [-0.25, -0.2) is 4.98 Å². The second-order valence-corrected chi connectivity index (χ2v) is 6.27. The molecule has 120 valence electrons. The van der Waals surface area contributed by atoms with Gasteiger partial charge in [-0.1, -0.05) is 23.2 Å². The van der Waals surface area contributed by atoms with Gasteiger partial charge in [-0.3, -0.25) is 9.59 Å². The van der Waals surface area contributed by atoms with E-state index in [2.05, 4.69) is 4.98 Å². The summed E-state index contributed by atoms with van der Waals surface area (Å²) in [5.41, 5.74) is 3.41. The van der Waals surface area contributed by atoms with Crippen molar-refractivity contribution in [3.63, 3.8) is 0 Å². The van der Waals surface area contributed by atoms with Crippen molar-refractivity contribution in [2.45, 2.75) is 13.8 Å². The molecule has 0 radical (unpaired) electrons. The number of halogens is 1. The Hall–Kier alpha value is -2.14. The molecule has 0 saturated carbocycles. The van der Waals surface area contributed by atoms with Crippen LogP contribution in [0.25, 0.3) is 10.9 Å². The Bertz CT molecular complexity index is 783. The molecular weight excluding hydrogens is 314 g/mol. The van der Waals surface area contributed by atoms with Crippen molar-refractivity contribution >= 4 is 34.8 Å². The lowest BCUT2D eigenvalue weighted by atomic mass is 10.0. The predicted molar refractivity (Wildman–Crippen MR) is 89.8 cm³/mol. The summed E-state index contributed by atoms with van der Waals surface area (Å²) in [5.74, 6) is -0.130. The van der Waals surface area contributed by atoms with Crippen LogP contribution in [0.1, 0.15) is 21.5 Å². The first kappa shape index (κ1) is 15.7. The summed E-state index contributed by atoms with van der Waals surface area (Å²) >= 11 is 6.26. The van der Waals surface area contributed by atoms with Gasteiger partial charge in [-0.05, 0) is 31.5 Å². The smallest absolute Gasteiger partial charge is 0.257 e. The number of benzene rings is 1. The van der Waals surface area contributed by atoms with Crippen LogP contribution in [0, 0.1) is 13.8 Å². The van der Waals surface area contributed by atoms with E-state index >= 15 is 0 Å². The Balaban J connectivity index is 1.94. The highest BCUT2D eigenvalue weighted by Gasteiger charge is 2.24. The third-order valence-corrected chi connectivity index (χ3v) is 4.48.